The van der Waals surface area contributed by atoms with Crippen molar-refractivity contribution in [2.24, 2.45) is 0 Å². The maximum Gasteiger partial charge on any atom is 0.315 e. The average Bonchev–Trinajstić information content (AvgIpc) is 2.38. The molecule has 0 saturated carbocycles. The first-order valence-corrected chi connectivity index (χ1v) is 9.55. The zero-order valence-corrected chi connectivity index (χ0v) is 15.2. The van der Waals surface area contributed by atoms with Crippen molar-refractivity contribution in [3.8, 4) is 0 Å². The lowest BCUT2D eigenvalue weighted by molar-refractivity contribution is -0.253. The Bertz CT molecular complexity index is 254. The molecule has 0 aromatic heterocycles. The molecule has 0 amide bonds. The summed E-state index contributed by atoms with van der Waals surface area (Å²) in [4.78, 5) is 0. The fourth-order valence-electron chi connectivity index (χ4n) is 1.79. The Kier molecular flexibility index (Phi) is 11.2. The van der Waals surface area contributed by atoms with Gasteiger partial charge in [-0.1, -0.05) is 13.8 Å². The summed E-state index contributed by atoms with van der Waals surface area (Å²) in [7, 11) is 0. The van der Waals surface area contributed by atoms with Crippen LogP contribution in [0, 0.1) is 0 Å². The summed E-state index contributed by atoms with van der Waals surface area (Å²) in [6, 6.07) is 0. The van der Waals surface area contributed by atoms with Crippen LogP contribution in [-0.2, 0) is 9.47 Å². The highest BCUT2D eigenvalue weighted by atomic mass is 32.2. The highest BCUT2D eigenvalue weighted by molar-refractivity contribution is 8.16. The Morgan fingerprint density at radius 2 is 1.18 bits per heavy atom. The van der Waals surface area contributed by atoms with Gasteiger partial charge in [-0.25, -0.2) is 0 Å². The minimum atomic E-state index is -4.16. The van der Waals surface area contributed by atoms with Crippen LogP contribution in [0.2, 0.25) is 0 Å². The third-order valence-electron chi connectivity index (χ3n) is 2.79. The quantitative estimate of drug-likeness (QED) is 0.326. The highest BCUT2D eigenvalue weighted by Crippen LogP contribution is 2.45. The molecule has 2 nitrogen and oxygen atoms in total. The van der Waals surface area contributed by atoms with E-state index in [1.807, 2.05) is 13.8 Å². The van der Waals surface area contributed by atoms with Crippen LogP contribution in [-0.4, -0.2) is 47.4 Å². The standard InChI is InChI=1S/C14H26F4O2S2/c1-5-19-11(20-6-2)9-13(15,16)14(17,18)10-12(21-7-3)22-8-4/h11-12H,5-10H2,1-4H3. The summed E-state index contributed by atoms with van der Waals surface area (Å²) >= 11 is 2.54. The monoisotopic (exact) mass is 366 g/mol. The van der Waals surface area contributed by atoms with Gasteiger partial charge in [-0.05, 0) is 25.4 Å². The number of rotatable bonds is 13. The van der Waals surface area contributed by atoms with Crippen molar-refractivity contribution >= 4 is 23.5 Å². The van der Waals surface area contributed by atoms with E-state index in [0.717, 1.165) is 0 Å². The van der Waals surface area contributed by atoms with Crippen molar-refractivity contribution < 1.29 is 27.0 Å². The first-order chi connectivity index (χ1) is 10.2. The molecule has 0 aliphatic rings. The summed E-state index contributed by atoms with van der Waals surface area (Å²) in [5.41, 5.74) is 0. The molecule has 0 atom stereocenters. The molecule has 0 aliphatic carbocycles. The van der Waals surface area contributed by atoms with Crippen molar-refractivity contribution in [1.82, 2.24) is 0 Å². The minimum absolute atomic E-state index is 0.131. The first-order valence-electron chi connectivity index (χ1n) is 7.46. The second-order valence-electron chi connectivity index (χ2n) is 4.50. The Hall–Kier alpha value is 0.340. The van der Waals surface area contributed by atoms with Crippen molar-refractivity contribution in [3.63, 3.8) is 0 Å². The Morgan fingerprint density at radius 1 is 0.773 bits per heavy atom. The van der Waals surface area contributed by atoms with E-state index < -0.39 is 35.6 Å². The predicted molar refractivity (Wildman–Crippen MR) is 86.2 cm³/mol. The van der Waals surface area contributed by atoms with Gasteiger partial charge in [-0.15, -0.1) is 23.5 Å². The summed E-state index contributed by atoms with van der Waals surface area (Å²) in [5, 5.41) is 0. The van der Waals surface area contributed by atoms with Crippen molar-refractivity contribution in [1.29, 1.82) is 0 Å². The van der Waals surface area contributed by atoms with Gasteiger partial charge in [0.25, 0.3) is 0 Å². The molecule has 0 fully saturated rings. The molecular weight excluding hydrogens is 340 g/mol. The van der Waals surface area contributed by atoms with E-state index in [1.54, 1.807) is 13.8 Å². The topological polar surface area (TPSA) is 18.5 Å². The van der Waals surface area contributed by atoms with Gasteiger partial charge in [0.2, 0.25) is 0 Å². The Morgan fingerprint density at radius 3 is 1.55 bits per heavy atom. The summed E-state index contributed by atoms with van der Waals surface area (Å²) < 4.78 is 65.5. The third kappa shape index (κ3) is 7.75. The van der Waals surface area contributed by atoms with Gasteiger partial charge in [0.1, 0.15) is 0 Å². The average molecular weight is 366 g/mol. The molecule has 134 valence electrons. The van der Waals surface area contributed by atoms with E-state index in [9.17, 15) is 17.6 Å². The molecule has 0 radical (unpaired) electrons. The largest absolute Gasteiger partial charge is 0.353 e. The number of ether oxygens (including phenoxy) is 2. The van der Waals surface area contributed by atoms with Crippen LogP contribution in [0.4, 0.5) is 17.6 Å². The molecule has 0 spiro atoms. The maximum absolute atomic E-state index is 14.1. The number of alkyl halides is 4. The van der Waals surface area contributed by atoms with E-state index in [4.69, 9.17) is 9.47 Å². The molecule has 0 bridgehead atoms. The molecule has 0 unspecified atom stereocenters. The highest BCUT2D eigenvalue weighted by Gasteiger charge is 2.57. The molecule has 8 heteroatoms. The maximum atomic E-state index is 14.1. The molecule has 0 aromatic carbocycles. The van der Waals surface area contributed by atoms with Crippen LogP contribution in [0.5, 0.6) is 0 Å². The first kappa shape index (κ1) is 22.3. The number of hydrogen-bond acceptors (Lipinski definition) is 4. The second-order valence-corrected chi connectivity index (χ2v) is 7.76. The third-order valence-corrected chi connectivity index (χ3v) is 5.35. The number of hydrogen-bond donors (Lipinski definition) is 0. The molecular formula is C14H26F4O2S2. The van der Waals surface area contributed by atoms with Crippen molar-refractivity contribution in [2.75, 3.05) is 24.7 Å². The zero-order valence-electron chi connectivity index (χ0n) is 13.5. The van der Waals surface area contributed by atoms with Gasteiger partial charge >= 0.3 is 11.8 Å². The number of halogens is 4. The SMILES string of the molecule is CCOC(CC(F)(F)C(F)(F)CC(SCC)SCC)OCC. The fourth-order valence-corrected chi connectivity index (χ4v) is 4.39. The van der Waals surface area contributed by atoms with Gasteiger partial charge in [-0.3, -0.25) is 0 Å². The van der Waals surface area contributed by atoms with Gasteiger partial charge in [0, 0.05) is 19.6 Å². The molecule has 0 aliphatic heterocycles. The van der Waals surface area contributed by atoms with Crippen LogP contribution in [0.15, 0.2) is 0 Å². The van der Waals surface area contributed by atoms with Gasteiger partial charge in [0.05, 0.1) is 11.0 Å². The van der Waals surface area contributed by atoms with Crippen LogP contribution < -0.4 is 0 Å². The van der Waals surface area contributed by atoms with Crippen LogP contribution >= 0.6 is 23.5 Å². The summed E-state index contributed by atoms with van der Waals surface area (Å²) in [5.74, 6) is -7.03. The number of thioether (sulfide) groups is 2. The summed E-state index contributed by atoms with van der Waals surface area (Å²) in [6.07, 6.45) is -3.31. The molecule has 22 heavy (non-hydrogen) atoms. The smallest absolute Gasteiger partial charge is 0.315 e. The van der Waals surface area contributed by atoms with E-state index in [1.165, 1.54) is 23.5 Å². The van der Waals surface area contributed by atoms with E-state index in [0.29, 0.717) is 11.5 Å². The van der Waals surface area contributed by atoms with E-state index >= 15 is 0 Å². The fraction of sp³-hybridized carbons (Fsp3) is 1.00. The molecule has 0 N–H and O–H groups in total. The van der Waals surface area contributed by atoms with Gasteiger partial charge in [-0.2, -0.15) is 17.6 Å². The lowest BCUT2D eigenvalue weighted by Crippen LogP contribution is -2.45. The summed E-state index contributed by atoms with van der Waals surface area (Å²) in [6.45, 7) is 7.12. The molecule has 0 aromatic rings. The Labute approximate surface area is 139 Å². The van der Waals surface area contributed by atoms with Crippen LogP contribution in [0.25, 0.3) is 0 Å². The normalized spacial score (nSPS) is 13.4. The zero-order chi connectivity index (χ0) is 17.2. The van der Waals surface area contributed by atoms with E-state index in [-0.39, 0.29) is 13.2 Å². The van der Waals surface area contributed by atoms with Gasteiger partial charge < -0.3 is 9.47 Å². The van der Waals surface area contributed by atoms with Crippen LogP contribution in [0.3, 0.4) is 0 Å². The van der Waals surface area contributed by atoms with Gasteiger partial charge in [0.15, 0.2) is 6.29 Å². The lowest BCUT2D eigenvalue weighted by atomic mass is 10.1. The second kappa shape index (κ2) is 11.0. The lowest BCUT2D eigenvalue weighted by Gasteiger charge is -2.31. The minimum Gasteiger partial charge on any atom is -0.353 e. The van der Waals surface area contributed by atoms with Crippen molar-refractivity contribution in [3.05, 3.63) is 0 Å². The van der Waals surface area contributed by atoms with Crippen molar-refractivity contribution in [2.45, 2.75) is 63.3 Å². The molecule has 0 heterocycles. The molecule has 0 saturated heterocycles. The molecule has 0 rings (SSSR count). The predicted octanol–water partition coefficient (Wildman–Crippen LogP) is 5.27. The Balaban J connectivity index is 4.86. The van der Waals surface area contributed by atoms with Crippen LogP contribution in [0.1, 0.15) is 40.5 Å². The van der Waals surface area contributed by atoms with E-state index in [2.05, 4.69) is 0 Å².